The van der Waals surface area contributed by atoms with Gasteiger partial charge in [0.05, 0.1) is 5.75 Å². The fourth-order valence-corrected chi connectivity index (χ4v) is 4.24. The zero-order chi connectivity index (χ0) is 19.9. The van der Waals surface area contributed by atoms with E-state index in [4.69, 9.17) is 0 Å². The van der Waals surface area contributed by atoms with Crippen LogP contribution in [0.1, 0.15) is 29.7 Å². The molecule has 1 N–H and O–H groups in total. The summed E-state index contributed by atoms with van der Waals surface area (Å²) in [6.07, 6.45) is 3.07. The number of carbonyl (C=O) groups is 1. The Morgan fingerprint density at radius 1 is 1.21 bits per heavy atom. The van der Waals surface area contributed by atoms with Gasteiger partial charge in [0, 0.05) is 37.8 Å². The fourth-order valence-electron chi connectivity index (χ4n) is 3.40. The highest BCUT2D eigenvalue weighted by molar-refractivity contribution is 7.99. The smallest absolute Gasteiger partial charge is 0.257 e. The molecule has 2 heterocycles. The maximum atomic E-state index is 12.8. The van der Waals surface area contributed by atoms with Gasteiger partial charge in [0.1, 0.15) is 0 Å². The molecule has 6 nitrogen and oxygen atoms in total. The molecule has 1 aliphatic heterocycles. The maximum absolute atomic E-state index is 12.8. The minimum Gasteiger partial charge on any atom is -0.354 e. The van der Waals surface area contributed by atoms with Crippen molar-refractivity contribution in [1.29, 1.82) is 0 Å². The second kappa shape index (κ2) is 9.89. The first-order valence-electron chi connectivity index (χ1n) is 9.77. The Kier molecular flexibility index (Phi) is 7.28. The Balaban J connectivity index is 1.56. The van der Waals surface area contributed by atoms with Gasteiger partial charge in [-0.25, -0.2) is 4.98 Å². The molecule has 0 spiro atoms. The molecule has 1 saturated heterocycles. The Hall–Kier alpha value is -2.12. The third-order valence-corrected chi connectivity index (χ3v) is 6.08. The lowest BCUT2D eigenvalue weighted by molar-refractivity contribution is -0.118. The number of rotatable bonds is 8. The molecule has 0 atom stereocenters. The highest BCUT2D eigenvalue weighted by Gasteiger charge is 2.15. The van der Waals surface area contributed by atoms with Crippen molar-refractivity contribution < 1.29 is 4.79 Å². The fraction of sp³-hybridized carbons (Fsp3) is 0.476. The number of carbonyl (C=O) groups excluding carboxylic acids is 1. The minimum atomic E-state index is -0.0479. The number of likely N-dealkylation sites (tertiary alicyclic amines) is 1. The monoisotopic (exact) mass is 400 g/mol. The van der Waals surface area contributed by atoms with E-state index in [1.165, 1.54) is 24.6 Å². The van der Waals surface area contributed by atoms with Crippen molar-refractivity contribution >= 4 is 17.7 Å². The lowest BCUT2D eigenvalue weighted by Crippen LogP contribution is -2.34. The van der Waals surface area contributed by atoms with Crippen molar-refractivity contribution in [3.8, 4) is 0 Å². The summed E-state index contributed by atoms with van der Waals surface area (Å²) < 4.78 is 1.55. The van der Waals surface area contributed by atoms with E-state index in [-0.39, 0.29) is 17.2 Å². The lowest BCUT2D eigenvalue weighted by atomic mass is 10.1. The zero-order valence-electron chi connectivity index (χ0n) is 16.6. The molecule has 28 heavy (non-hydrogen) atoms. The average Bonchev–Trinajstić information content (AvgIpc) is 3.21. The maximum Gasteiger partial charge on any atom is 0.257 e. The number of benzene rings is 1. The molecule has 0 unspecified atom stereocenters. The predicted molar refractivity (Wildman–Crippen MR) is 113 cm³/mol. The van der Waals surface area contributed by atoms with E-state index in [9.17, 15) is 9.59 Å². The van der Waals surface area contributed by atoms with Crippen LogP contribution in [0.5, 0.6) is 0 Å². The number of nitrogens with zero attached hydrogens (tertiary/aromatic N) is 3. The predicted octanol–water partition coefficient (Wildman–Crippen LogP) is 1.98. The number of aromatic nitrogens is 2. The summed E-state index contributed by atoms with van der Waals surface area (Å²) >= 11 is 1.31. The van der Waals surface area contributed by atoms with E-state index >= 15 is 0 Å². The number of thioether (sulfide) groups is 1. The molecular weight excluding hydrogens is 372 g/mol. The molecule has 1 aromatic carbocycles. The third-order valence-electron chi connectivity index (χ3n) is 5.05. The van der Waals surface area contributed by atoms with E-state index in [0.29, 0.717) is 23.7 Å². The van der Waals surface area contributed by atoms with Crippen LogP contribution in [0.4, 0.5) is 0 Å². The summed E-state index contributed by atoms with van der Waals surface area (Å²) in [5, 5.41) is 3.53. The van der Waals surface area contributed by atoms with Gasteiger partial charge < -0.3 is 10.2 Å². The Bertz CT molecular complexity index is 861. The Labute approximate surface area is 170 Å². The molecule has 0 saturated carbocycles. The van der Waals surface area contributed by atoms with E-state index in [1.54, 1.807) is 11.6 Å². The standard InChI is InChI=1S/C21H28N4O2S/c1-16-18(14-17-8-4-3-5-9-17)20(27)24(2)21(23-16)28-15-19(26)22-10-13-25-11-6-7-12-25/h3-5,8-9H,6-7,10-15H2,1-2H3,(H,22,26). The highest BCUT2D eigenvalue weighted by Crippen LogP contribution is 2.16. The molecule has 3 rings (SSSR count). The van der Waals surface area contributed by atoms with E-state index in [0.717, 1.165) is 30.9 Å². The topological polar surface area (TPSA) is 67.2 Å². The van der Waals surface area contributed by atoms with Gasteiger partial charge in [-0.2, -0.15) is 0 Å². The molecule has 0 bridgehead atoms. The summed E-state index contributed by atoms with van der Waals surface area (Å²) in [7, 11) is 1.72. The van der Waals surface area contributed by atoms with Crippen molar-refractivity contribution in [2.24, 2.45) is 7.05 Å². The molecule has 1 aliphatic rings. The third kappa shape index (κ3) is 5.45. The minimum absolute atomic E-state index is 0.0236. The van der Waals surface area contributed by atoms with Gasteiger partial charge in [0.25, 0.3) is 5.56 Å². The molecule has 7 heteroatoms. The summed E-state index contributed by atoms with van der Waals surface area (Å²) in [4.78, 5) is 31.8. The first-order chi connectivity index (χ1) is 13.5. The van der Waals surface area contributed by atoms with Gasteiger partial charge >= 0.3 is 0 Å². The second-order valence-electron chi connectivity index (χ2n) is 7.17. The molecule has 1 fully saturated rings. The first-order valence-corrected chi connectivity index (χ1v) is 10.8. The molecule has 1 amide bonds. The van der Waals surface area contributed by atoms with E-state index in [2.05, 4.69) is 15.2 Å². The van der Waals surface area contributed by atoms with Crippen molar-refractivity contribution in [1.82, 2.24) is 19.8 Å². The molecule has 1 aromatic heterocycles. The normalized spacial score (nSPS) is 14.4. The van der Waals surface area contributed by atoms with Crippen molar-refractivity contribution in [3.63, 3.8) is 0 Å². The van der Waals surface area contributed by atoms with Crippen LogP contribution in [0.2, 0.25) is 0 Å². The number of amides is 1. The van der Waals surface area contributed by atoms with Crippen LogP contribution in [-0.4, -0.2) is 52.3 Å². The highest BCUT2D eigenvalue weighted by atomic mass is 32.2. The molecule has 0 radical (unpaired) electrons. The summed E-state index contributed by atoms with van der Waals surface area (Å²) in [5.41, 5.74) is 2.47. The van der Waals surface area contributed by atoms with Crippen molar-refractivity contribution in [2.45, 2.75) is 31.3 Å². The van der Waals surface area contributed by atoms with Gasteiger partial charge in [-0.05, 0) is 38.4 Å². The van der Waals surface area contributed by atoms with Gasteiger partial charge in [0.15, 0.2) is 5.16 Å². The van der Waals surface area contributed by atoms with Gasteiger partial charge in [-0.1, -0.05) is 42.1 Å². The Morgan fingerprint density at radius 2 is 1.93 bits per heavy atom. The first kappa shape index (κ1) is 20.6. The van der Waals surface area contributed by atoms with E-state index < -0.39 is 0 Å². The van der Waals surface area contributed by atoms with Gasteiger partial charge in [-0.15, -0.1) is 0 Å². The summed E-state index contributed by atoms with van der Waals surface area (Å²) in [5.74, 6) is 0.238. The molecular formula is C21H28N4O2S. The van der Waals surface area contributed by atoms with Crippen molar-refractivity contribution in [2.75, 3.05) is 31.9 Å². The molecule has 0 aliphatic carbocycles. The summed E-state index contributed by atoms with van der Waals surface area (Å²) in [6, 6.07) is 9.91. The number of aryl methyl sites for hydroxylation is 1. The van der Waals surface area contributed by atoms with Crippen LogP contribution in [-0.2, 0) is 18.3 Å². The van der Waals surface area contributed by atoms with Crippen LogP contribution in [0, 0.1) is 6.92 Å². The summed E-state index contributed by atoms with van der Waals surface area (Å²) in [6.45, 7) is 5.69. The lowest BCUT2D eigenvalue weighted by Gasteiger charge is -2.15. The van der Waals surface area contributed by atoms with Gasteiger partial charge in [-0.3, -0.25) is 14.2 Å². The van der Waals surface area contributed by atoms with Crippen molar-refractivity contribution in [3.05, 3.63) is 57.5 Å². The molecule has 150 valence electrons. The zero-order valence-corrected chi connectivity index (χ0v) is 17.4. The van der Waals surface area contributed by atoms with Crippen LogP contribution in [0.25, 0.3) is 0 Å². The number of nitrogens with one attached hydrogen (secondary N) is 1. The Morgan fingerprint density at radius 3 is 2.64 bits per heavy atom. The quantitative estimate of drug-likeness (QED) is 0.542. The average molecular weight is 401 g/mol. The van der Waals surface area contributed by atoms with Crippen LogP contribution in [0.15, 0.2) is 40.3 Å². The SMILES string of the molecule is Cc1nc(SCC(=O)NCCN2CCCC2)n(C)c(=O)c1Cc1ccccc1. The van der Waals surface area contributed by atoms with E-state index in [1.807, 2.05) is 37.3 Å². The largest absolute Gasteiger partial charge is 0.354 e. The number of hydrogen-bond donors (Lipinski definition) is 1. The molecule has 2 aromatic rings. The van der Waals surface area contributed by atoms with Crippen LogP contribution >= 0.6 is 11.8 Å². The second-order valence-corrected chi connectivity index (χ2v) is 8.11. The van der Waals surface area contributed by atoms with Crippen LogP contribution in [0.3, 0.4) is 0 Å². The van der Waals surface area contributed by atoms with Gasteiger partial charge in [0.2, 0.25) is 5.91 Å². The number of hydrogen-bond acceptors (Lipinski definition) is 5. The van der Waals surface area contributed by atoms with Crippen LogP contribution < -0.4 is 10.9 Å².